The molecule has 2 aromatic rings. The SMILES string of the molecule is N[C@@H](Cc1ccc(N2CCN(C3COC3)CC2=O)cc1)C(=O)Nc1ccc(C(=O)O)cc1. The Bertz CT molecular complexity index is 988. The van der Waals surface area contributed by atoms with Gasteiger partial charge in [-0.3, -0.25) is 14.5 Å². The number of rotatable bonds is 7. The smallest absolute Gasteiger partial charge is 0.335 e. The minimum atomic E-state index is -1.03. The second-order valence-electron chi connectivity index (χ2n) is 8.06. The van der Waals surface area contributed by atoms with Crippen LogP contribution in [0.5, 0.6) is 0 Å². The van der Waals surface area contributed by atoms with Crippen molar-refractivity contribution in [3.05, 3.63) is 59.7 Å². The predicted molar refractivity (Wildman–Crippen MR) is 119 cm³/mol. The second kappa shape index (κ2) is 9.47. The summed E-state index contributed by atoms with van der Waals surface area (Å²) in [5.41, 5.74) is 8.40. The Balaban J connectivity index is 1.30. The van der Waals surface area contributed by atoms with Crippen LogP contribution in [0.3, 0.4) is 0 Å². The molecule has 32 heavy (non-hydrogen) atoms. The van der Waals surface area contributed by atoms with Crippen LogP contribution in [0.1, 0.15) is 15.9 Å². The first kappa shape index (κ1) is 21.9. The molecule has 0 bridgehead atoms. The zero-order valence-electron chi connectivity index (χ0n) is 17.6. The van der Waals surface area contributed by atoms with Crippen molar-refractivity contribution in [3.8, 4) is 0 Å². The number of anilines is 2. The van der Waals surface area contributed by atoms with Crippen LogP contribution in [-0.2, 0) is 20.7 Å². The van der Waals surface area contributed by atoms with Crippen LogP contribution in [0.25, 0.3) is 0 Å². The van der Waals surface area contributed by atoms with Gasteiger partial charge in [0, 0.05) is 24.5 Å². The predicted octanol–water partition coefficient (Wildman–Crippen LogP) is 0.941. The van der Waals surface area contributed by atoms with Gasteiger partial charge in [0.1, 0.15) is 0 Å². The standard InChI is InChI=1S/C23H26N4O5/c24-20(22(29)25-17-5-3-16(4-6-17)23(30)31)11-15-1-7-18(8-2-15)27-10-9-26(12-21(27)28)19-13-32-14-19/h1-8,19-20H,9-14,24H2,(H,25,29)(H,30,31)/t20-/m0/s1. The number of carbonyl (C=O) groups is 3. The highest BCUT2D eigenvalue weighted by Crippen LogP contribution is 2.21. The number of carbonyl (C=O) groups excluding carboxylic acids is 2. The molecule has 4 N–H and O–H groups in total. The van der Waals surface area contributed by atoms with Crippen molar-refractivity contribution < 1.29 is 24.2 Å². The number of hydrogen-bond donors (Lipinski definition) is 3. The van der Waals surface area contributed by atoms with Crippen LogP contribution in [0, 0.1) is 0 Å². The van der Waals surface area contributed by atoms with E-state index in [0.717, 1.165) is 17.8 Å². The monoisotopic (exact) mass is 438 g/mol. The molecular weight excluding hydrogens is 412 g/mol. The van der Waals surface area contributed by atoms with Crippen molar-refractivity contribution in [3.63, 3.8) is 0 Å². The van der Waals surface area contributed by atoms with Crippen LogP contribution in [-0.4, -0.2) is 72.7 Å². The molecule has 0 saturated carbocycles. The molecule has 4 rings (SSSR count). The topological polar surface area (TPSA) is 125 Å². The van der Waals surface area contributed by atoms with Crippen LogP contribution < -0.4 is 16.0 Å². The Hall–Kier alpha value is -3.27. The number of nitrogens with one attached hydrogen (secondary N) is 1. The molecule has 0 spiro atoms. The molecule has 2 amide bonds. The maximum atomic E-state index is 12.6. The lowest BCUT2D eigenvalue weighted by molar-refractivity contribution is -0.127. The highest BCUT2D eigenvalue weighted by atomic mass is 16.5. The fourth-order valence-electron chi connectivity index (χ4n) is 3.80. The lowest BCUT2D eigenvalue weighted by atomic mass is 10.0. The Morgan fingerprint density at radius 2 is 1.78 bits per heavy atom. The minimum absolute atomic E-state index is 0.0703. The van der Waals surface area contributed by atoms with Crippen LogP contribution >= 0.6 is 0 Å². The molecule has 168 valence electrons. The summed E-state index contributed by atoms with van der Waals surface area (Å²) in [6, 6.07) is 13.0. The third-order valence-corrected chi connectivity index (χ3v) is 5.83. The summed E-state index contributed by atoms with van der Waals surface area (Å²) in [6.45, 7) is 3.25. The Morgan fingerprint density at radius 3 is 2.34 bits per heavy atom. The zero-order valence-corrected chi connectivity index (χ0v) is 17.6. The largest absolute Gasteiger partial charge is 0.478 e. The highest BCUT2D eigenvalue weighted by molar-refractivity contribution is 5.96. The Morgan fingerprint density at radius 1 is 1.09 bits per heavy atom. The van der Waals surface area contributed by atoms with E-state index in [1.54, 1.807) is 4.90 Å². The van der Waals surface area contributed by atoms with E-state index in [4.69, 9.17) is 15.6 Å². The maximum Gasteiger partial charge on any atom is 0.335 e. The summed E-state index contributed by atoms with van der Waals surface area (Å²) in [5.74, 6) is -1.32. The molecule has 1 atom stereocenters. The van der Waals surface area contributed by atoms with Crippen molar-refractivity contribution in [2.45, 2.75) is 18.5 Å². The third-order valence-electron chi connectivity index (χ3n) is 5.83. The van der Waals surface area contributed by atoms with Gasteiger partial charge < -0.3 is 25.8 Å². The first-order chi connectivity index (χ1) is 15.4. The summed E-state index contributed by atoms with van der Waals surface area (Å²) >= 11 is 0. The summed E-state index contributed by atoms with van der Waals surface area (Å²) in [4.78, 5) is 39.8. The third kappa shape index (κ3) is 4.96. The molecule has 0 unspecified atom stereocenters. The molecule has 0 aromatic heterocycles. The molecule has 9 nitrogen and oxygen atoms in total. The lowest BCUT2D eigenvalue weighted by Crippen LogP contribution is -2.58. The normalized spacial score (nSPS) is 18.2. The number of ether oxygens (including phenoxy) is 1. The molecule has 2 saturated heterocycles. The fourth-order valence-corrected chi connectivity index (χ4v) is 3.80. The molecule has 2 heterocycles. The van der Waals surface area contributed by atoms with E-state index in [-0.39, 0.29) is 17.4 Å². The van der Waals surface area contributed by atoms with Crippen molar-refractivity contribution in [1.82, 2.24) is 4.90 Å². The van der Waals surface area contributed by atoms with Gasteiger partial charge in [-0.25, -0.2) is 4.79 Å². The Kier molecular flexibility index (Phi) is 6.50. The van der Waals surface area contributed by atoms with Gasteiger partial charge in [0.15, 0.2) is 0 Å². The summed E-state index contributed by atoms with van der Waals surface area (Å²) in [7, 11) is 0. The average molecular weight is 438 g/mol. The van der Waals surface area contributed by atoms with E-state index in [1.165, 1.54) is 24.3 Å². The summed E-state index contributed by atoms with van der Waals surface area (Å²) in [5, 5.41) is 11.6. The number of hydrogen-bond acceptors (Lipinski definition) is 6. The van der Waals surface area contributed by atoms with Crippen LogP contribution in [0.15, 0.2) is 48.5 Å². The van der Waals surface area contributed by atoms with Gasteiger partial charge >= 0.3 is 5.97 Å². The number of aromatic carboxylic acids is 1. The van der Waals surface area contributed by atoms with Gasteiger partial charge in [0.2, 0.25) is 11.8 Å². The highest BCUT2D eigenvalue weighted by Gasteiger charge is 2.33. The van der Waals surface area contributed by atoms with Crippen molar-refractivity contribution in [2.24, 2.45) is 5.73 Å². The van der Waals surface area contributed by atoms with E-state index in [2.05, 4.69) is 10.2 Å². The molecule has 2 aliphatic heterocycles. The van der Waals surface area contributed by atoms with E-state index in [0.29, 0.717) is 44.5 Å². The second-order valence-corrected chi connectivity index (χ2v) is 8.06. The van der Waals surface area contributed by atoms with Crippen LogP contribution in [0.4, 0.5) is 11.4 Å². The van der Waals surface area contributed by atoms with E-state index < -0.39 is 12.0 Å². The number of amides is 2. The molecule has 0 radical (unpaired) electrons. The van der Waals surface area contributed by atoms with Gasteiger partial charge in [0.05, 0.1) is 37.4 Å². The van der Waals surface area contributed by atoms with Gasteiger partial charge in [0.25, 0.3) is 0 Å². The first-order valence-electron chi connectivity index (χ1n) is 10.5. The molecule has 0 aliphatic carbocycles. The number of piperazine rings is 1. The fraction of sp³-hybridized carbons (Fsp3) is 0.348. The molecule has 2 aliphatic rings. The van der Waals surface area contributed by atoms with Crippen molar-refractivity contribution >= 4 is 29.2 Å². The number of carboxylic acid groups (broad SMARTS) is 1. The average Bonchev–Trinajstić information content (AvgIpc) is 2.74. The molecule has 2 fully saturated rings. The molecule has 2 aromatic carbocycles. The first-order valence-corrected chi connectivity index (χ1v) is 10.5. The number of carboxylic acids is 1. The summed E-state index contributed by atoms with van der Waals surface area (Å²) < 4.78 is 5.22. The van der Waals surface area contributed by atoms with Gasteiger partial charge in [-0.05, 0) is 48.4 Å². The number of benzene rings is 2. The van der Waals surface area contributed by atoms with E-state index >= 15 is 0 Å². The number of nitrogens with two attached hydrogens (primary N) is 1. The van der Waals surface area contributed by atoms with Gasteiger partial charge in [-0.1, -0.05) is 12.1 Å². The van der Waals surface area contributed by atoms with E-state index in [9.17, 15) is 14.4 Å². The van der Waals surface area contributed by atoms with Gasteiger partial charge in [-0.15, -0.1) is 0 Å². The van der Waals surface area contributed by atoms with Crippen molar-refractivity contribution in [1.29, 1.82) is 0 Å². The van der Waals surface area contributed by atoms with Gasteiger partial charge in [-0.2, -0.15) is 0 Å². The molecule has 9 heteroatoms. The zero-order chi connectivity index (χ0) is 22.7. The van der Waals surface area contributed by atoms with Crippen molar-refractivity contribution in [2.75, 3.05) is 43.1 Å². The van der Waals surface area contributed by atoms with Crippen LogP contribution in [0.2, 0.25) is 0 Å². The number of nitrogens with zero attached hydrogens (tertiary/aromatic N) is 2. The molecular formula is C23H26N4O5. The maximum absolute atomic E-state index is 12.6. The lowest BCUT2D eigenvalue weighted by Gasteiger charge is -2.42. The quantitative estimate of drug-likeness (QED) is 0.587. The Labute approximate surface area is 185 Å². The summed E-state index contributed by atoms with van der Waals surface area (Å²) in [6.07, 6.45) is 0.336. The van der Waals surface area contributed by atoms with E-state index in [1.807, 2.05) is 24.3 Å². The minimum Gasteiger partial charge on any atom is -0.478 e.